The Labute approximate surface area is 149 Å². The third-order valence-electron chi connectivity index (χ3n) is 4.00. The van der Waals surface area contributed by atoms with Crippen LogP contribution in [-0.4, -0.2) is 13.7 Å². The van der Waals surface area contributed by atoms with Gasteiger partial charge in [0.25, 0.3) is 0 Å². The second kappa shape index (κ2) is 7.25. The van der Waals surface area contributed by atoms with Crippen molar-refractivity contribution < 1.29 is 0 Å². The van der Waals surface area contributed by atoms with Crippen molar-refractivity contribution in [3.8, 4) is 0 Å². The van der Waals surface area contributed by atoms with Crippen LogP contribution < -0.4 is 8.92 Å². The van der Waals surface area contributed by atoms with Crippen molar-refractivity contribution >= 4 is 28.3 Å². The molecule has 1 unspecified atom stereocenters. The van der Waals surface area contributed by atoms with Crippen LogP contribution in [0.25, 0.3) is 0 Å². The second-order valence-corrected chi connectivity index (χ2v) is 9.68. The van der Waals surface area contributed by atoms with E-state index in [2.05, 4.69) is 94.4 Å². The van der Waals surface area contributed by atoms with Crippen molar-refractivity contribution in [3.05, 3.63) is 89.0 Å². The van der Waals surface area contributed by atoms with E-state index >= 15 is 0 Å². The van der Waals surface area contributed by atoms with E-state index in [0.29, 0.717) is 0 Å². The summed E-state index contributed by atoms with van der Waals surface area (Å²) < 4.78 is 8.01. The van der Waals surface area contributed by atoms with Crippen molar-refractivity contribution in [1.29, 1.82) is 0 Å². The zero-order chi connectivity index (χ0) is 17.1. The van der Waals surface area contributed by atoms with Crippen molar-refractivity contribution in [2.24, 2.45) is 3.96 Å². The second-order valence-electron chi connectivity index (χ2n) is 6.25. The van der Waals surface area contributed by atoms with E-state index in [-0.39, 0.29) is 0 Å². The molecule has 1 nitrogen and oxygen atoms in total. The average Bonchev–Trinajstić information content (AvgIpc) is 2.56. The fourth-order valence-electron chi connectivity index (χ4n) is 2.95. The topological polar surface area (TPSA) is 12.4 Å². The number of nitrogens with zero attached hydrogens (tertiary/aromatic N) is 1. The maximum absolute atomic E-state index is 5.22. The van der Waals surface area contributed by atoms with Gasteiger partial charge in [-0.05, 0) is 0 Å². The molecule has 1 atom stereocenters. The quantitative estimate of drug-likeness (QED) is 0.588. The van der Waals surface area contributed by atoms with E-state index in [4.69, 9.17) is 3.96 Å². The van der Waals surface area contributed by atoms with E-state index < -0.39 is 13.7 Å². The van der Waals surface area contributed by atoms with Crippen LogP contribution in [0.15, 0.2) is 70.7 Å². The molecule has 0 fully saturated rings. The summed E-state index contributed by atoms with van der Waals surface area (Å²) in [4.78, 5) is 0. The minimum atomic E-state index is -1.50. The zero-order valence-electron chi connectivity index (χ0n) is 14.7. The molecule has 24 heavy (non-hydrogen) atoms. The Morgan fingerprint density at radius 2 is 1.25 bits per heavy atom. The molecule has 0 bridgehead atoms. The monoisotopic (exact) mass is 381 g/mol. The predicted octanol–water partition coefficient (Wildman–Crippen LogP) is 4.63. The summed E-state index contributed by atoms with van der Waals surface area (Å²) in [7, 11) is 0. The summed E-state index contributed by atoms with van der Waals surface area (Å²) in [6, 6.07) is 23.9. The van der Waals surface area contributed by atoms with Gasteiger partial charge in [0.15, 0.2) is 0 Å². The van der Waals surface area contributed by atoms with Crippen LogP contribution in [0.1, 0.15) is 22.3 Å². The summed E-state index contributed by atoms with van der Waals surface area (Å²) in [5.41, 5.74) is 6.39. The van der Waals surface area contributed by atoms with E-state index in [0.717, 1.165) is 5.69 Å². The van der Waals surface area contributed by atoms with E-state index in [1.54, 1.807) is 0 Å². The van der Waals surface area contributed by atoms with E-state index in [1.807, 2.05) is 0 Å². The molecule has 3 rings (SSSR count). The van der Waals surface area contributed by atoms with Crippen LogP contribution >= 0.6 is 0 Å². The molecule has 0 spiro atoms. The summed E-state index contributed by atoms with van der Waals surface area (Å²) in [6.07, 6.45) is 0. The number of rotatable bonds is 3. The Hall–Kier alpha value is -2.02. The Balaban J connectivity index is 2.22. The van der Waals surface area contributed by atoms with Gasteiger partial charge in [-0.1, -0.05) is 0 Å². The predicted molar refractivity (Wildman–Crippen MR) is 105 cm³/mol. The molecule has 0 saturated heterocycles. The summed E-state index contributed by atoms with van der Waals surface area (Å²) in [5, 5.41) is 0. The number of hydrogen-bond acceptors (Lipinski definition) is 1. The molecule has 0 N–H and O–H groups in total. The Morgan fingerprint density at radius 3 is 1.83 bits per heavy atom. The van der Waals surface area contributed by atoms with Gasteiger partial charge in [-0.2, -0.15) is 0 Å². The molecule has 0 aliphatic rings. The van der Waals surface area contributed by atoms with Crippen LogP contribution in [0.5, 0.6) is 0 Å². The summed E-state index contributed by atoms with van der Waals surface area (Å²) in [6.45, 7) is 8.72. The molecule has 122 valence electrons. The summed E-state index contributed by atoms with van der Waals surface area (Å²) in [5.74, 6) is 0. The summed E-state index contributed by atoms with van der Waals surface area (Å²) >= 11 is -1.50. The maximum atomic E-state index is 5.22. The molecule has 0 aromatic heterocycles. The van der Waals surface area contributed by atoms with Gasteiger partial charge in [0.1, 0.15) is 0 Å². The van der Waals surface area contributed by atoms with Gasteiger partial charge < -0.3 is 0 Å². The zero-order valence-corrected chi connectivity index (χ0v) is 16.4. The van der Waals surface area contributed by atoms with Crippen molar-refractivity contribution in [2.45, 2.75) is 27.7 Å². The van der Waals surface area contributed by atoms with Gasteiger partial charge in [-0.15, -0.1) is 0 Å². The number of benzene rings is 3. The van der Waals surface area contributed by atoms with Crippen molar-refractivity contribution in [1.82, 2.24) is 0 Å². The molecular weight excluding hydrogens is 357 g/mol. The van der Waals surface area contributed by atoms with Gasteiger partial charge in [-0.3, -0.25) is 0 Å². The standard InChI is InChI=1S/C22H23NSe/c1-16-10-12-20(13-11-16)23-24(21-8-6-5-7-9-21)22-18(3)14-17(2)15-19(22)4/h5-15H,1-4H3. The SMILES string of the molecule is Cc1ccc(N=[Se](c2ccccc2)c2c(C)cc(C)cc2C)cc1. The number of hydrogen-bond donors (Lipinski definition) is 0. The first-order valence-electron chi connectivity index (χ1n) is 8.20. The van der Waals surface area contributed by atoms with E-state index in [1.165, 1.54) is 31.2 Å². The Morgan fingerprint density at radius 1 is 0.667 bits per heavy atom. The van der Waals surface area contributed by atoms with E-state index in [9.17, 15) is 0 Å². The average molecular weight is 380 g/mol. The van der Waals surface area contributed by atoms with Crippen LogP contribution in [-0.2, 0) is 0 Å². The molecular formula is C22H23NSe. The third kappa shape index (κ3) is 3.72. The first-order chi connectivity index (χ1) is 11.5. The van der Waals surface area contributed by atoms with Crippen LogP contribution in [0.3, 0.4) is 0 Å². The molecule has 3 aromatic carbocycles. The third-order valence-corrected chi connectivity index (χ3v) is 8.49. The fraction of sp³-hybridized carbons (Fsp3) is 0.182. The fourth-order valence-corrected chi connectivity index (χ4v) is 6.95. The van der Waals surface area contributed by atoms with Crippen LogP contribution in [0.2, 0.25) is 0 Å². The van der Waals surface area contributed by atoms with Crippen molar-refractivity contribution in [2.75, 3.05) is 0 Å². The van der Waals surface area contributed by atoms with Crippen LogP contribution in [0.4, 0.5) is 5.69 Å². The normalized spacial score (nSPS) is 12.3. The molecule has 2 heteroatoms. The molecule has 0 amide bonds. The van der Waals surface area contributed by atoms with Gasteiger partial charge in [0.2, 0.25) is 0 Å². The minimum absolute atomic E-state index is 1.08. The Bertz CT molecular complexity index is 855. The van der Waals surface area contributed by atoms with Gasteiger partial charge in [0.05, 0.1) is 0 Å². The Kier molecular flexibility index (Phi) is 5.08. The molecule has 0 aliphatic carbocycles. The molecule has 3 aromatic rings. The van der Waals surface area contributed by atoms with Gasteiger partial charge in [-0.25, -0.2) is 0 Å². The number of aryl methyl sites for hydroxylation is 4. The van der Waals surface area contributed by atoms with Gasteiger partial charge in [0, 0.05) is 0 Å². The molecule has 0 heterocycles. The molecule has 0 aliphatic heterocycles. The van der Waals surface area contributed by atoms with Gasteiger partial charge >= 0.3 is 149 Å². The van der Waals surface area contributed by atoms with Crippen molar-refractivity contribution in [3.63, 3.8) is 0 Å². The molecule has 0 radical (unpaired) electrons. The first-order valence-corrected chi connectivity index (χ1v) is 10.7. The molecule has 0 saturated carbocycles. The van der Waals surface area contributed by atoms with Crippen LogP contribution in [0, 0.1) is 27.7 Å². The first kappa shape index (κ1) is 16.8.